The predicted octanol–water partition coefficient (Wildman–Crippen LogP) is 0.732. The summed E-state index contributed by atoms with van der Waals surface area (Å²) in [4.78, 5) is 8.01. The maximum absolute atomic E-state index is 4.84. The van der Waals surface area contributed by atoms with Crippen LogP contribution in [-0.4, -0.2) is 17.1 Å². The smallest absolute Gasteiger partial charge is 0.154 e. The van der Waals surface area contributed by atoms with Gasteiger partial charge >= 0.3 is 0 Å². The third-order valence-corrected chi connectivity index (χ3v) is 1.06. The van der Waals surface area contributed by atoms with Crippen molar-refractivity contribution in [3.05, 3.63) is 23.8 Å². The van der Waals surface area contributed by atoms with Crippen LogP contribution in [0.15, 0.2) is 6.20 Å². The standard InChI is InChI=1S/C7H9N2O/c1-6-3-4-8-7(9-6)5-10-2/h4H,5H2,1-2H3. The summed E-state index contributed by atoms with van der Waals surface area (Å²) in [6.07, 6.45) is 1.61. The molecule has 1 aromatic rings. The molecule has 1 radical (unpaired) electrons. The Morgan fingerprint density at radius 3 is 3.10 bits per heavy atom. The minimum atomic E-state index is 0.468. The summed E-state index contributed by atoms with van der Waals surface area (Å²) >= 11 is 0. The molecular weight excluding hydrogens is 128 g/mol. The van der Waals surface area contributed by atoms with Crippen LogP contribution in [0.1, 0.15) is 11.5 Å². The van der Waals surface area contributed by atoms with E-state index in [1.54, 1.807) is 13.3 Å². The molecule has 0 saturated carbocycles. The molecule has 0 aromatic carbocycles. The molecule has 10 heavy (non-hydrogen) atoms. The van der Waals surface area contributed by atoms with E-state index in [1.165, 1.54) is 0 Å². The van der Waals surface area contributed by atoms with E-state index in [0.29, 0.717) is 12.4 Å². The Labute approximate surface area is 60.1 Å². The summed E-state index contributed by atoms with van der Waals surface area (Å²) in [7, 11) is 1.62. The topological polar surface area (TPSA) is 35.0 Å². The Balaban J connectivity index is 2.75. The molecule has 0 bridgehead atoms. The van der Waals surface area contributed by atoms with Gasteiger partial charge in [0.2, 0.25) is 0 Å². The number of methoxy groups -OCH3 is 1. The zero-order chi connectivity index (χ0) is 7.40. The highest BCUT2D eigenvalue weighted by molar-refractivity contribution is 4.96. The maximum Gasteiger partial charge on any atom is 0.154 e. The van der Waals surface area contributed by atoms with Crippen molar-refractivity contribution < 1.29 is 4.74 Å². The van der Waals surface area contributed by atoms with E-state index >= 15 is 0 Å². The number of hydrogen-bond donors (Lipinski definition) is 0. The van der Waals surface area contributed by atoms with Crippen molar-refractivity contribution in [2.45, 2.75) is 13.5 Å². The van der Waals surface area contributed by atoms with Gasteiger partial charge in [-0.2, -0.15) is 0 Å². The van der Waals surface area contributed by atoms with Crippen molar-refractivity contribution >= 4 is 0 Å². The van der Waals surface area contributed by atoms with Crippen LogP contribution in [0.4, 0.5) is 0 Å². The van der Waals surface area contributed by atoms with Crippen molar-refractivity contribution in [1.29, 1.82) is 0 Å². The van der Waals surface area contributed by atoms with E-state index in [0.717, 1.165) is 5.69 Å². The Morgan fingerprint density at radius 1 is 1.70 bits per heavy atom. The molecule has 0 N–H and O–H groups in total. The second kappa shape index (κ2) is 3.27. The van der Waals surface area contributed by atoms with Gasteiger partial charge < -0.3 is 4.74 Å². The molecule has 0 unspecified atom stereocenters. The molecule has 1 heterocycles. The van der Waals surface area contributed by atoms with Gasteiger partial charge in [-0.3, -0.25) is 0 Å². The lowest BCUT2D eigenvalue weighted by molar-refractivity contribution is 0.177. The first-order chi connectivity index (χ1) is 4.83. The fraction of sp³-hybridized carbons (Fsp3) is 0.429. The number of nitrogens with zero attached hydrogens (tertiary/aromatic N) is 2. The molecule has 0 amide bonds. The lowest BCUT2D eigenvalue weighted by Gasteiger charge is -1.96. The molecular formula is C7H9N2O. The lowest BCUT2D eigenvalue weighted by Crippen LogP contribution is -1.96. The molecule has 0 fully saturated rings. The highest BCUT2D eigenvalue weighted by Crippen LogP contribution is 1.92. The Hall–Kier alpha value is -0.960. The van der Waals surface area contributed by atoms with Gasteiger partial charge in [0.1, 0.15) is 6.61 Å². The third-order valence-electron chi connectivity index (χ3n) is 1.06. The number of aryl methyl sites for hydroxylation is 1. The van der Waals surface area contributed by atoms with Crippen LogP contribution in [0.3, 0.4) is 0 Å². The monoisotopic (exact) mass is 137 g/mol. The first-order valence-electron chi connectivity index (χ1n) is 3.02. The van der Waals surface area contributed by atoms with E-state index < -0.39 is 0 Å². The largest absolute Gasteiger partial charge is 0.377 e. The number of rotatable bonds is 2. The average molecular weight is 137 g/mol. The Bertz CT molecular complexity index is 213. The summed E-state index contributed by atoms with van der Waals surface area (Å²) in [5, 5.41) is 0. The fourth-order valence-corrected chi connectivity index (χ4v) is 0.654. The second-order valence-corrected chi connectivity index (χ2v) is 1.95. The minimum Gasteiger partial charge on any atom is -0.377 e. The van der Waals surface area contributed by atoms with Crippen molar-refractivity contribution in [1.82, 2.24) is 9.97 Å². The van der Waals surface area contributed by atoms with Crippen LogP contribution in [-0.2, 0) is 11.3 Å². The van der Waals surface area contributed by atoms with Gasteiger partial charge in [-0.1, -0.05) is 0 Å². The van der Waals surface area contributed by atoms with Crippen LogP contribution in [0.5, 0.6) is 0 Å². The highest BCUT2D eigenvalue weighted by Gasteiger charge is 1.93. The van der Waals surface area contributed by atoms with E-state index in [1.807, 2.05) is 6.92 Å². The summed E-state index contributed by atoms with van der Waals surface area (Å²) in [6.45, 7) is 2.34. The minimum absolute atomic E-state index is 0.468. The van der Waals surface area contributed by atoms with E-state index in [-0.39, 0.29) is 0 Å². The average Bonchev–Trinajstić information content (AvgIpc) is 1.88. The van der Waals surface area contributed by atoms with Crippen LogP contribution in [0, 0.1) is 13.0 Å². The molecule has 0 aliphatic carbocycles. The number of ether oxygens (including phenoxy) is 1. The van der Waals surface area contributed by atoms with Gasteiger partial charge in [0.05, 0.1) is 0 Å². The number of hydrogen-bond acceptors (Lipinski definition) is 3. The highest BCUT2D eigenvalue weighted by atomic mass is 16.5. The van der Waals surface area contributed by atoms with Crippen molar-refractivity contribution in [2.75, 3.05) is 7.11 Å². The lowest BCUT2D eigenvalue weighted by atomic mass is 10.4. The van der Waals surface area contributed by atoms with Crippen LogP contribution in [0.25, 0.3) is 0 Å². The van der Waals surface area contributed by atoms with Gasteiger partial charge in [-0.05, 0) is 6.92 Å². The maximum atomic E-state index is 4.84. The van der Waals surface area contributed by atoms with Crippen LogP contribution < -0.4 is 0 Å². The summed E-state index contributed by atoms with van der Waals surface area (Å²) in [5.41, 5.74) is 0.849. The Morgan fingerprint density at radius 2 is 2.50 bits per heavy atom. The van der Waals surface area contributed by atoms with Crippen molar-refractivity contribution in [2.24, 2.45) is 0 Å². The quantitative estimate of drug-likeness (QED) is 0.602. The molecule has 3 heteroatoms. The first-order valence-corrected chi connectivity index (χ1v) is 3.02. The van der Waals surface area contributed by atoms with E-state index in [4.69, 9.17) is 4.74 Å². The first kappa shape index (κ1) is 7.15. The third kappa shape index (κ3) is 1.77. The molecule has 1 rings (SSSR count). The SMILES string of the molecule is COCc1nc[c]c(C)n1. The second-order valence-electron chi connectivity index (χ2n) is 1.95. The number of aromatic nitrogens is 2. The van der Waals surface area contributed by atoms with Crippen LogP contribution in [0.2, 0.25) is 0 Å². The van der Waals surface area contributed by atoms with Gasteiger partial charge in [0.25, 0.3) is 0 Å². The summed E-state index contributed by atoms with van der Waals surface area (Å²) < 4.78 is 4.84. The zero-order valence-corrected chi connectivity index (χ0v) is 6.09. The molecule has 53 valence electrons. The molecule has 3 nitrogen and oxygen atoms in total. The van der Waals surface area contributed by atoms with Crippen LogP contribution >= 0.6 is 0 Å². The molecule has 1 aromatic heterocycles. The molecule has 0 saturated heterocycles. The van der Waals surface area contributed by atoms with Gasteiger partial charge in [-0.15, -0.1) is 0 Å². The predicted molar refractivity (Wildman–Crippen MR) is 36.3 cm³/mol. The van der Waals surface area contributed by atoms with Crippen molar-refractivity contribution in [3.63, 3.8) is 0 Å². The van der Waals surface area contributed by atoms with Gasteiger partial charge in [-0.25, -0.2) is 9.97 Å². The molecule has 0 atom stereocenters. The van der Waals surface area contributed by atoms with Gasteiger partial charge in [0, 0.05) is 25.1 Å². The Kier molecular flexibility index (Phi) is 2.34. The summed E-state index contributed by atoms with van der Waals surface area (Å²) in [5.74, 6) is 0.707. The van der Waals surface area contributed by atoms with Crippen molar-refractivity contribution in [3.8, 4) is 0 Å². The fourth-order valence-electron chi connectivity index (χ4n) is 0.654. The summed E-state index contributed by atoms with van der Waals surface area (Å²) in [6, 6.07) is 2.85. The van der Waals surface area contributed by atoms with E-state index in [9.17, 15) is 0 Å². The van der Waals surface area contributed by atoms with Gasteiger partial charge in [0.15, 0.2) is 5.82 Å². The molecule has 0 aliphatic rings. The molecule has 0 spiro atoms. The normalized spacial score (nSPS) is 9.80. The van der Waals surface area contributed by atoms with E-state index in [2.05, 4.69) is 16.0 Å². The zero-order valence-electron chi connectivity index (χ0n) is 6.09. The molecule has 0 aliphatic heterocycles.